The quantitative estimate of drug-likeness (QED) is 0.747. The largest absolute Gasteiger partial charge is 0.278 e. The molecule has 17 heavy (non-hydrogen) atoms. The highest BCUT2D eigenvalue weighted by Gasteiger charge is 2.32. The summed E-state index contributed by atoms with van der Waals surface area (Å²) in [5.41, 5.74) is 1.57. The standard InChI is InChI=1S/C13H14BrNO2/c1-8-3-4-11(14)10(5-8)13(17)15-7-9(2)6-12(15)16/h3-5,9H,6-7H2,1-2H3. The van der Waals surface area contributed by atoms with Gasteiger partial charge >= 0.3 is 0 Å². The molecule has 3 nitrogen and oxygen atoms in total. The van der Waals surface area contributed by atoms with Gasteiger partial charge in [0.1, 0.15) is 0 Å². The van der Waals surface area contributed by atoms with Crippen LogP contribution in [0.4, 0.5) is 0 Å². The number of nitrogens with zero attached hydrogens (tertiary/aromatic N) is 1. The lowest BCUT2D eigenvalue weighted by molar-refractivity contribution is -0.125. The monoisotopic (exact) mass is 295 g/mol. The van der Waals surface area contributed by atoms with Crippen molar-refractivity contribution in [1.82, 2.24) is 4.90 Å². The number of likely N-dealkylation sites (tertiary alicyclic amines) is 1. The minimum atomic E-state index is -0.199. The maximum Gasteiger partial charge on any atom is 0.261 e. The van der Waals surface area contributed by atoms with Crippen molar-refractivity contribution < 1.29 is 9.59 Å². The molecule has 4 heteroatoms. The van der Waals surface area contributed by atoms with Crippen molar-refractivity contribution in [2.45, 2.75) is 20.3 Å². The summed E-state index contributed by atoms with van der Waals surface area (Å²) in [6, 6.07) is 5.57. The first-order valence-electron chi connectivity index (χ1n) is 5.60. The third-order valence-corrected chi connectivity index (χ3v) is 3.61. The second kappa shape index (κ2) is 4.61. The molecule has 0 spiro atoms. The number of carbonyl (C=O) groups excluding carboxylic acids is 2. The number of hydrogen-bond donors (Lipinski definition) is 0. The zero-order valence-corrected chi connectivity index (χ0v) is 11.5. The van der Waals surface area contributed by atoms with E-state index >= 15 is 0 Å². The van der Waals surface area contributed by atoms with E-state index in [-0.39, 0.29) is 17.7 Å². The van der Waals surface area contributed by atoms with Gasteiger partial charge in [0.25, 0.3) is 5.91 Å². The van der Waals surface area contributed by atoms with Crippen LogP contribution in [0.1, 0.15) is 29.3 Å². The van der Waals surface area contributed by atoms with Gasteiger partial charge in [0.05, 0.1) is 5.56 Å². The zero-order valence-electron chi connectivity index (χ0n) is 9.87. The van der Waals surface area contributed by atoms with Crippen LogP contribution >= 0.6 is 15.9 Å². The molecule has 1 aromatic carbocycles. The van der Waals surface area contributed by atoms with Gasteiger partial charge in [-0.05, 0) is 40.9 Å². The maximum absolute atomic E-state index is 12.3. The second-order valence-electron chi connectivity index (χ2n) is 4.60. The predicted molar refractivity (Wildman–Crippen MR) is 68.7 cm³/mol. The number of carbonyl (C=O) groups is 2. The van der Waals surface area contributed by atoms with E-state index in [0.717, 1.165) is 10.0 Å². The molecule has 0 bridgehead atoms. The van der Waals surface area contributed by atoms with Gasteiger partial charge in [-0.1, -0.05) is 18.6 Å². The fraction of sp³-hybridized carbons (Fsp3) is 0.385. The van der Waals surface area contributed by atoms with E-state index in [0.29, 0.717) is 18.5 Å². The Balaban J connectivity index is 2.31. The summed E-state index contributed by atoms with van der Waals surface area (Å²) in [6.07, 6.45) is 0.467. The summed E-state index contributed by atoms with van der Waals surface area (Å²) in [4.78, 5) is 25.3. The molecule has 1 saturated heterocycles. The third-order valence-electron chi connectivity index (χ3n) is 2.92. The van der Waals surface area contributed by atoms with Crippen molar-refractivity contribution in [3.63, 3.8) is 0 Å². The first-order chi connectivity index (χ1) is 7.99. The van der Waals surface area contributed by atoms with Crippen LogP contribution in [0.25, 0.3) is 0 Å². The van der Waals surface area contributed by atoms with Crippen LogP contribution in [0.5, 0.6) is 0 Å². The number of hydrogen-bond acceptors (Lipinski definition) is 2. The first kappa shape index (κ1) is 12.3. The van der Waals surface area contributed by atoms with Crippen LogP contribution in [0.3, 0.4) is 0 Å². The van der Waals surface area contributed by atoms with Gasteiger partial charge in [0.15, 0.2) is 0 Å². The third kappa shape index (κ3) is 2.41. The van der Waals surface area contributed by atoms with Gasteiger partial charge in [0.2, 0.25) is 5.91 Å². The molecule has 0 N–H and O–H groups in total. The van der Waals surface area contributed by atoms with Gasteiger partial charge in [-0.2, -0.15) is 0 Å². The fourth-order valence-corrected chi connectivity index (χ4v) is 2.45. The molecular formula is C13H14BrNO2. The van der Waals surface area contributed by atoms with E-state index < -0.39 is 0 Å². The lowest BCUT2D eigenvalue weighted by Gasteiger charge is -2.15. The Labute approximate surface area is 109 Å². The highest BCUT2D eigenvalue weighted by atomic mass is 79.9. The van der Waals surface area contributed by atoms with E-state index in [4.69, 9.17) is 0 Å². The molecule has 0 saturated carbocycles. The van der Waals surface area contributed by atoms with E-state index in [1.807, 2.05) is 32.0 Å². The number of halogens is 1. The highest BCUT2D eigenvalue weighted by molar-refractivity contribution is 9.10. The Morgan fingerprint density at radius 2 is 2.18 bits per heavy atom. The molecule has 1 unspecified atom stereocenters. The van der Waals surface area contributed by atoms with Gasteiger partial charge in [-0.15, -0.1) is 0 Å². The average molecular weight is 296 g/mol. The lowest BCUT2D eigenvalue weighted by Crippen LogP contribution is -2.32. The summed E-state index contributed by atoms with van der Waals surface area (Å²) >= 11 is 3.35. The van der Waals surface area contributed by atoms with Crippen LogP contribution in [0, 0.1) is 12.8 Å². The van der Waals surface area contributed by atoms with Crippen molar-refractivity contribution in [2.75, 3.05) is 6.54 Å². The molecule has 1 heterocycles. The molecule has 0 radical (unpaired) electrons. The molecule has 1 aliphatic heterocycles. The van der Waals surface area contributed by atoms with Crippen LogP contribution in [-0.2, 0) is 4.79 Å². The Hall–Kier alpha value is -1.16. The summed E-state index contributed by atoms with van der Waals surface area (Å²) < 4.78 is 0.737. The van der Waals surface area contributed by atoms with Crippen molar-refractivity contribution in [1.29, 1.82) is 0 Å². The Morgan fingerprint density at radius 3 is 2.76 bits per heavy atom. The molecule has 2 amide bonds. The molecule has 2 rings (SSSR count). The molecule has 1 atom stereocenters. The van der Waals surface area contributed by atoms with Gasteiger partial charge in [0, 0.05) is 17.4 Å². The topological polar surface area (TPSA) is 37.4 Å². The predicted octanol–water partition coefficient (Wildman–Crippen LogP) is 2.77. The van der Waals surface area contributed by atoms with Gasteiger partial charge in [-0.3, -0.25) is 14.5 Å². The minimum Gasteiger partial charge on any atom is -0.278 e. The number of benzene rings is 1. The van der Waals surface area contributed by atoms with E-state index in [1.165, 1.54) is 4.90 Å². The number of imide groups is 1. The zero-order chi connectivity index (χ0) is 12.6. The molecule has 1 aliphatic rings. The van der Waals surface area contributed by atoms with Crippen LogP contribution in [-0.4, -0.2) is 23.3 Å². The Bertz CT molecular complexity index is 484. The molecule has 0 aromatic heterocycles. The van der Waals surface area contributed by atoms with Gasteiger partial charge in [-0.25, -0.2) is 0 Å². The maximum atomic E-state index is 12.3. The Morgan fingerprint density at radius 1 is 1.47 bits per heavy atom. The van der Waals surface area contributed by atoms with Crippen molar-refractivity contribution in [3.05, 3.63) is 33.8 Å². The van der Waals surface area contributed by atoms with Crippen LogP contribution in [0.15, 0.2) is 22.7 Å². The summed E-state index contributed by atoms with van der Waals surface area (Å²) in [5.74, 6) is -0.0131. The van der Waals surface area contributed by atoms with E-state index in [9.17, 15) is 9.59 Å². The van der Waals surface area contributed by atoms with E-state index in [1.54, 1.807) is 0 Å². The lowest BCUT2D eigenvalue weighted by atomic mass is 10.1. The first-order valence-corrected chi connectivity index (χ1v) is 6.39. The van der Waals surface area contributed by atoms with Crippen LogP contribution in [0.2, 0.25) is 0 Å². The number of aryl methyl sites for hydroxylation is 1. The Kier molecular flexibility index (Phi) is 3.33. The smallest absolute Gasteiger partial charge is 0.261 e. The molecule has 1 fully saturated rings. The highest BCUT2D eigenvalue weighted by Crippen LogP contribution is 2.24. The van der Waals surface area contributed by atoms with E-state index in [2.05, 4.69) is 15.9 Å². The van der Waals surface area contributed by atoms with Crippen LogP contribution < -0.4 is 0 Å². The summed E-state index contributed by atoms with van der Waals surface area (Å²) in [6.45, 7) is 4.44. The SMILES string of the molecule is Cc1ccc(Br)c(C(=O)N2CC(C)CC2=O)c1. The van der Waals surface area contributed by atoms with Crippen molar-refractivity contribution in [3.8, 4) is 0 Å². The second-order valence-corrected chi connectivity index (χ2v) is 5.46. The molecule has 0 aliphatic carbocycles. The number of amides is 2. The molecular weight excluding hydrogens is 282 g/mol. The normalized spacial score (nSPS) is 19.8. The summed E-state index contributed by atoms with van der Waals surface area (Å²) in [7, 11) is 0. The summed E-state index contributed by atoms with van der Waals surface area (Å²) in [5, 5.41) is 0. The molecule has 90 valence electrons. The number of rotatable bonds is 1. The minimum absolute atomic E-state index is 0.0732. The van der Waals surface area contributed by atoms with Gasteiger partial charge < -0.3 is 0 Å². The average Bonchev–Trinajstić information content (AvgIpc) is 2.60. The fourth-order valence-electron chi connectivity index (χ4n) is 2.03. The van der Waals surface area contributed by atoms with Crippen molar-refractivity contribution >= 4 is 27.7 Å². The van der Waals surface area contributed by atoms with Crippen molar-refractivity contribution in [2.24, 2.45) is 5.92 Å². The molecule has 1 aromatic rings.